The van der Waals surface area contributed by atoms with E-state index < -0.39 is 0 Å². The molecule has 1 aliphatic rings. The molecule has 122 heavy (non-hydrogen) atoms. The molecule has 0 N–H and O–H groups in total. The van der Waals surface area contributed by atoms with Gasteiger partial charge in [0.2, 0.25) is 0 Å². The van der Waals surface area contributed by atoms with Crippen LogP contribution in [-0.2, 0) is 61.6 Å². The summed E-state index contributed by atoms with van der Waals surface area (Å²) in [6, 6.07) is 94.5. The first-order valence-corrected chi connectivity index (χ1v) is 47.6. The van der Waals surface area contributed by atoms with E-state index in [4.69, 9.17) is 29.4 Å². The number of aromatic nitrogens is 13. The number of fused-ring (bicyclic) bond motifs is 12. The first-order valence-electron chi connectivity index (χ1n) is 39.8. The Morgan fingerprint density at radius 3 is 1.45 bits per heavy atom. The summed E-state index contributed by atoms with van der Waals surface area (Å²) in [5.74, 6) is 3.87. The van der Waals surface area contributed by atoms with E-state index in [1.54, 1.807) is 10.9 Å². The molecule has 18 aromatic rings. The predicted octanol–water partition coefficient (Wildman–Crippen LogP) is 12.6. The Balaban J connectivity index is 0.000000204. The third-order valence-corrected chi connectivity index (χ3v) is 21.0. The molecule has 592 valence electrons. The van der Waals surface area contributed by atoms with Crippen molar-refractivity contribution in [2.24, 2.45) is 19.5 Å². The molecular formula is C100H97BrCl2Li3MgN13Zn2. The second-order valence-electron chi connectivity index (χ2n) is 30.5. The van der Waals surface area contributed by atoms with E-state index in [2.05, 4.69) is 258 Å². The van der Waals surface area contributed by atoms with E-state index in [0.29, 0.717) is 6.04 Å². The van der Waals surface area contributed by atoms with Gasteiger partial charge in [-0.2, -0.15) is 34.5 Å². The smallest absolute Gasteiger partial charge is 0.266 e. The van der Waals surface area contributed by atoms with Gasteiger partial charge < -0.3 is 34.9 Å². The van der Waals surface area contributed by atoms with Crippen LogP contribution < -0.4 is 73.6 Å². The Labute approximate surface area is 811 Å². The van der Waals surface area contributed by atoms with Gasteiger partial charge in [-0.15, -0.1) is 173 Å². The van der Waals surface area contributed by atoms with Crippen LogP contribution in [0.3, 0.4) is 0 Å². The number of aryl methyl sites for hydroxylation is 8. The molecule has 22 heteroatoms. The molecule has 0 aliphatic heterocycles. The summed E-state index contributed by atoms with van der Waals surface area (Å²) in [5.41, 5.74) is 23.5. The minimum atomic E-state index is 0. The van der Waals surface area contributed by atoms with Gasteiger partial charge in [-0.1, -0.05) is 124 Å². The van der Waals surface area contributed by atoms with Crippen LogP contribution in [0.4, 0.5) is 0 Å². The van der Waals surface area contributed by atoms with Crippen LogP contribution in [0.5, 0.6) is 0 Å². The van der Waals surface area contributed by atoms with Crippen molar-refractivity contribution >= 4 is 97.1 Å². The predicted molar refractivity (Wildman–Crippen MR) is 481 cm³/mol. The van der Waals surface area contributed by atoms with Gasteiger partial charge in [-0.05, 0) is 142 Å². The Morgan fingerprint density at radius 2 is 0.967 bits per heavy atom. The molecule has 0 saturated heterocycles. The Hall–Kier alpha value is -7.74. The van der Waals surface area contributed by atoms with Crippen LogP contribution in [0.25, 0.3) is 117 Å². The molecule has 8 heterocycles. The van der Waals surface area contributed by atoms with Gasteiger partial charge in [0.25, 0.3) is 0 Å². The van der Waals surface area contributed by atoms with Crippen molar-refractivity contribution in [3.05, 3.63) is 336 Å². The average Bonchev–Trinajstić information content (AvgIpc) is 1.51. The molecule has 0 bridgehead atoms. The normalized spacial score (nSPS) is 11.4. The number of pyridine rings is 2. The first kappa shape index (κ1) is 101. The maximum Gasteiger partial charge on any atom is 2.00 e. The fourth-order valence-electron chi connectivity index (χ4n) is 15.6. The molecule has 10 aromatic carbocycles. The molecule has 1 fully saturated rings. The standard InChI is InChI=1S/C28H27N2.C23H17N2.C16H19N2.C12H14N3.C12H13N2.C9H7N2.BrH.2ClH.3Li.Mg.2Zn/c1-18-9-8-10-19(2)26(18)25-17-29-27-22-12-7-6-11-21(22)23-15-20(16-28(3,4)5)13-14-24(23)30(25)27;1-15-8-7-9-16(2)22(15)21-14-24-23-19-12-4-3-10-17(19)18-11-5-6-13-20(18)25(21)23;1-13-12-17-16(14-8-4-2-5-9-14)18(13)15-10-6-3-7-11-15;1-3-7-11-13-12(15(2)14-11)10-8-5-4-6-9-10;1-9-10(2)14(3)12(13-9)11-7-5-4-6-8-11;1-2-5-9(6-3-1)11-8-4-7-10-11;;;;;;;;;/h6-11,13-15,17H,16H2,1-5H3;3-11,13-14H,1-2H3;2,4-5,8,12,15H,3,6-7,10-11H2,1H3;4-6,8H,3,7H2,1-2H3;4-7H,1-3H3;1-5,7-8H;3*1H;;;;;;/q6*-1;;;;3*+1;3*+2/p-3. The molecule has 13 nitrogen and oxygen atoms in total. The van der Waals surface area contributed by atoms with Gasteiger partial charge in [0.15, 0.2) is 0 Å². The first-order chi connectivity index (χ1) is 56.9. The van der Waals surface area contributed by atoms with E-state index >= 15 is 0 Å². The van der Waals surface area contributed by atoms with E-state index in [-0.39, 0.29) is 102 Å². The van der Waals surface area contributed by atoms with Gasteiger partial charge in [0.05, 0.1) is 40.2 Å². The van der Waals surface area contributed by atoms with Gasteiger partial charge in [-0.25, -0.2) is 0 Å². The van der Waals surface area contributed by atoms with Gasteiger partial charge >= 0.3 is 134 Å². The van der Waals surface area contributed by atoms with Crippen LogP contribution in [0.1, 0.15) is 123 Å². The number of hydrogen-bond donors (Lipinski definition) is 0. The minimum Gasteiger partial charge on any atom is -0.266 e. The largest absolute Gasteiger partial charge is 2.00 e. The molecule has 19 rings (SSSR count). The Kier molecular flexibility index (Phi) is 40.4. The van der Waals surface area contributed by atoms with Crippen LogP contribution in [0.15, 0.2) is 249 Å². The molecule has 0 atom stereocenters. The summed E-state index contributed by atoms with van der Waals surface area (Å²) in [5, 5.41) is 15.5. The molecule has 0 radical (unpaired) electrons. The van der Waals surface area contributed by atoms with Gasteiger partial charge in [0.1, 0.15) is 5.82 Å². The van der Waals surface area contributed by atoms with E-state index in [1.807, 2.05) is 160 Å². The quantitative estimate of drug-likeness (QED) is 0.0760. The zero-order valence-corrected chi connectivity index (χ0v) is 83.9. The third-order valence-electron chi connectivity index (χ3n) is 21.0. The fraction of sp³-hybridized carbons (Fsp3) is 0.230. The zero-order valence-electron chi connectivity index (χ0n) is 73.5. The number of para-hydroxylation sites is 2. The molecule has 0 unspecified atom stereocenters. The van der Waals surface area contributed by atoms with Crippen molar-refractivity contribution in [1.82, 2.24) is 62.4 Å². The average molecular weight is 1810 g/mol. The summed E-state index contributed by atoms with van der Waals surface area (Å²) in [7, 11) is 13.5. The second kappa shape index (κ2) is 48.7. The maximum absolute atomic E-state index is 4.87. The number of imidazole rings is 4. The number of halogens is 3. The molecule has 1 aliphatic carbocycles. The van der Waals surface area contributed by atoms with Crippen molar-refractivity contribution in [3.8, 4) is 62.4 Å². The van der Waals surface area contributed by atoms with Crippen molar-refractivity contribution in [1.29, 1.82) is 0 Å². The molecular weight excluding hydrogens is 1710 g/mol. The third kappa shape index (κ3) is 24.1. The fourth-order valence-corrected chi connectivity index (χ4v) is 15.6. The molecule has 8 aromatic heterocycles. The molecule has 0 spiro atoms. The van der Waals surface area contributed by atoms with Crippen molar-refractivity contribution < 1.29 is 108 Å². The Bertz CT molecular complexity index is 6250. The van der Waals surface area contributed by atoms with Crippen molar-refractivity contribution in [2.75, 3.05) is 0 Å². The van der Waals surface area contributed by atoms with E-state index in [0.717, 1.165) is 139 Å². The summed E-state index contributed by atoms with van der Waals surface area (Å²) in [4.78, 5) is 23.3. The van der Waals surface area contributed by atoms with Crippen molar-refractivity contribution in [3.63, 3.8) is 0 Å². The monoisotopic (exact) mass is 1800 g/mol. The number of nitrogens with zero attached hydrogens (tertiary/aromatic N) is 13. The number of hydrogen-bond acceptors (Lipinski definition) is 7. The van der Waals surface area contributed by atoms with Crippen molar-refractivity contribution in [2.45, 2.75) is 134 Å². The summed E-state index contributed by atoms with van der Waals surface area (Å²) >= 11 is 1.69. The zero-order chi connectivity index (χ0) is 82.7. The van der Waals surface area contributed by atoms with E-state index in [9.17, 15) is 0 Å². The van der Waals surface area contributed by atoms with E-state index in [1.165, 1.54) is 115 Å². The van der Waals surface area contributed by atoms with Crippen LogP contribution in [0, 0.1) is 90.3 Å². The molecule has 1 saturated carbocycles. The second-order valence-corrected chi connectivity index (χ2v) is 30.5. The van der Waals surface area contributed by atoms with Crippen LogP contribution in [-0.4, -0.2) is 85.5 Å². The minimum absolute atomic E-state index is 0. The number of benzene rings is 10. The molecule has 0 amide bonds. The number of rotatable bonds is 10. The topological polar surface area (TPSA) is 119 Å². The summed E-state index contributed by atoms with van der Waals surface area (Å²) in [6.07, 6.45) is 19.4. The van der Waals surface area contributed by atoms with Crippen LogP contribution >= 0.6 is 19.4 Å². The summed E-state index contributed by atoms with van der Waals surface area (Å²) in [6.45, 7) is 24.0. The SMILES string of the molecule is CCCc1nc(-c2[c-]cccc2)n(C)n1.Cc1cccc(C)c1-c1cnc2c3[c-]cccc3c3cc(CC(C)(C)C)ccc3n12.Cc1cccc(C)c1-c1cnc2c3[c-]cccc3c3ccccc3n12.Cc1cnc(-c2[c-]cccc2)n1C1CCCCC1.Cc1nc(-c2[c-]cccc2)n(C)c1C.[Br-].[Cl][Zn+].[Cl][Zn+].[Li+].[Li+].[Li+].[Mg+2].[c-]1ccccc1-n1cccn1. The summed E-state index contributed by atoms with van der Waals surface area (Å²) < 4.78 is 12.7. The van der Waals surface area contributed by atoms with Gasteiger partial charge in [0, 0.05) is 96.8 Å². The van der Waals surface area contributed by atoms with Crippen LogP contribution in [0.2, 0.25) is 0 Å². The maximum atomic E-state index is 4.87. The van der Waals surface area contributed by atoms with Gasteiger partial charge in [-0.3, -0.25) is 34.3 Å². The Morgan fingerprint density at radius 1 is 0.484 bits per heavy atom.